The molecule has 1 N–H and O–H groups in total. The highest BCUT2D eigenvalue weighted by atomic mass is 35.5. The molecule has 1 heterocycles. The molecule has 122 valence electrons. The molecule has 6 nitrogen and oxygen atoms in total. The highest BCUT2D eigenvalue weighted by Gasteiger charge is 2.20. The van der Waals surface area contributed by atoms with Crippen LogP contribution in [0.3, 0.4) is 0 Å². The maximum atomic E-state index is 12.4. The van der Waals surface area contributed by atoms with Gasteiger partial charge in [0.05, 0.1) is 19.2 Å². The molecule has 0 saturated carbocycles. The number of hydrogen-bond donors (Lipinski definition) is 1. The fraction of sp³-hybridized carbons (Fsp3) is 0.250. The van der Waals surface area contributed by atoms with Gasteiger partial charge in [-0.2, -0.15) is 0 Å². The number of hydrogen-bond acceptors (Lipinski definition) is 5. The number of esters is 1. The molecule has 2 aromatic rings. The van der Waals surface area contributed by atoms with Gasteiger partial charge in [0.2, 0.25) is 0 Å². The molecule has 0 aliphatic rings. The Labute approximate surface area is 138 Å². The molecule has 0 radical (unpaired) electrons. The van der Waals surface area contributed by atoms with Crippen LogP contribution in [0, 0.1) is 6.92 Å². The van der Waals surface area contributed by atoms with Crippen LogP contribution in [-0.2, 0) is 11.3 Å². The van der Waals surface area contributed by atoms with E-state index in [0.29, 0.717) is 22.1 Å². The van der Waals surface area contributed by atoms with Crippen LogP contribution in [0.1, 0.15) is 32.2 Å². The lowest BCUT2D eigenvalue weighted by molar-refractivity contribution is 0.0598. The standard InChI is InChI=1S/C16H16ClNO5/c1-9-12(16(21)22-3)7-11(23-9)8-18(2)15(20)13-6-10(17)4-5-14(13)19/h4-7,19H,8H2,1-3H3. The van der Waals surface area contributed by atoms with E-state index in [1.807, 2.05) is 0 Å². The molecule has 1 aromatic carbocycles. The zero-order chi connectivity index (χ0) is 17.1. The number of furan rings is 1. The third kappa shape index (κ3) is 3.65. The number of rotatable bonds is 4. The number of benzene rings is 1. The summed E-state index contributed by atoms with van der Waals surface area (Å²) in [4.78, 5) is 25.3. The molecule has 1 aromatic heterocycles. The maximum absolute atomic E-state index is 12.4. The van der Waals surface area contributed by atoms with Gasteiger partial charge in [0.25, 0.3) is 5.91 Å². The molecule has 0 bridgehead atoms. The van der Waals surface area contributed by atoms with E-state index in [-0.39, 0.29) is 17.9 Å². The predicted molar refractivity (Wildman–Crippen MR) is 83.7 cm³/mol. The maximum Gasteiger partial charge on any atom is 0.341 e. The number of carbonyl (C=O) groups is 2. The number of carbonyl (C=O) groups excluding carboxylic acids is 2. The fourth-order valence-corrected chi connectivity index (χ4v) is 2.30. The van der Waals surface area contributed by atoms with Crippen molar-refractivity contribution in [2.24, 2.45) is 0 Å². The molecule has 0 saturated heterocycles. The van der Waals surface area contributed by atoms with Crippen LogP contribution in [0.15, 0.2) is 28.7 Å². The van der Waals surface area contributed by atoms with Gasteiger partial charge < -0.3 is 19.2 Å². The fourth-order valence-electron chi connectivity index (χ4n) is 2.12. The molecule has 1 amide bonds. The van der Waals surface area contributed by atoms with Crippen molar-refractivity contribution < 1.29 is 23.8 Å². The number of ether oxygens (including phenoxy) is 1. The second-order valence-corrected chi connectivity index (χ2v) is 5.43. The molecule has 0 unspecified atom stereocenters. The van der Waals surface area contributed by atoms with Gasteiger partial charge in [-0.15, -0.1) is 0 Å². The lowest BCUT2D eigenvalue weighted by Gasteiger charge is -2.16. The van der Waals surface area contributed by atoms with Crippen molar-refractivity contribution in [1.82, 2.24) is 4.90 Å². The van der Waals surface area contributed by atoms with E-state index in [4.69, 9.17) is 16.0 Å². The molecule has 0 aliphatic heterocycles. The molecular formula is C16H16ClNO5. The monoisotopic (exact) mass is 337 g/mol. The summed E-state index contributed by atoms with van der Waals surface area (Å²) < 4.78 is 10.1. The van der Waals surface area contributed by atoms with E-state index in [1.54, 1.807) is 14.0 Å². The van der Waals surface area contributed by atoms with Crippen molar-refractivity contribution in [3.8, 4) is 5.75 Å². The first-order chi connectivity index (χ1) is 10.8. The lowest BCUT2D eigenvalue weighted by Crippen LogP contribution is -2.26. The Kier molecular flexibility index (Phi) is 4.95. The van der Waals surface area contributed by atoms with Gasteiger partial charge in [-0.3, -0.25) is 4.79 Å². The van der Waals surface area contributed by atoms with Crippen LogP contribution < -0.4 is 0 Å². The third-order valence-electron chi connectivity index (χ3n) is 3.30. The van der Waals surface area contributed by atoms with Gasteiger partial charge in [0, 0.05) is 12.1 Å². The van der Waals surface area contributed by atoms with Gasteiger partial charge in [-0.25, -0.2) is 4.79 Å². The summed E-state index contributed by atoms with van der Waals surface area (Å²) in [5, 5.41) is 10.1. The van der Waals surface area contributed by atoms with Gasteiger partial charge >= 0.3 is 5.97 Å². The van der Waals surface area contributed by atoms with Crippen LogP contribution in [-0.4, -0.2) is 36.0 Å². The van der Waals surface area contributed by atoms with Crippen LogP contribution in [0.4, 0.5) is 0 Å². The van der Waals surface area contributed by atoms with E-state index in [0.717, 1.165) is 0 Å². The molecule has 0 atom stereocenters. The number of phenolic OH excluding ortho intramolecular Hbond substituents is 1. The highest BCUT2D eigenvalue weighted by molar-refractivity contribution is 6.31. The first-order valence-corrected chi connectivity index (χ1v) is 7.13. The zero-order valence-corrected chi connectivity index (χ0v) is 13.7. The normalized spacial score (nSPS) is 10.4. The van der Waals surface area contributed by atoms with Crippen molar-refractivity contribution in [3.63, 3.8) is 0 Å². The second-order valence-electron chi connectivity index (χ2n) is 5.00. The average molecular weight is 338 g/mol. The summed E-state index contributed by atoms with van der Waals surface area (Å²) in [5.41, 5.74) is 0.408. The average Bonchev–Trinajstić information content (AvgIpc) is 2.88. The predicted octanol–water partition coefficient (Wildman–Crippen LogP) is 3.01. The summed E-state index contributed by atoms with van der Waals surface area (Å²) in [6.45, 7) is 1.77. The van der Waals surface area contributed by atoms with E-state index in [9.17, 15) is 14.7 Å². The van der Waals surface area contributed by atoms with Crippen LogP contribution in [0.5, 0.6) is 5.75 Å². The van der Waals surface area contributed by atoms with Gasteiger partial charge in [0.15, 0.2) is 0 Å². The van der Waals surface area contributed by atoms with Gasteiger partial charge in [-0.05, 0) is 31.2 Å². The summed E-state index contributed by atoms with van der Waals surface area (Å²) >= 11 is 5.85. The Morgan fingerprint density at radius 2 is 2.00 bits per heavy atom. The van der Waals surface area contributed by atoms with E-state index in [1.165, 1.54) is 36.3 Å². The van der Waals surface area contributed by atoms with Gasteiger partial charge in [0.1, 0.15) is 22.8 Å². The molecular weight excluding hydrogens is 322 g/mol. The van der Waals surface area contributed by atoms with E-state index >= 15 is 0 Å². The number of nitrogens with zero attached hydrogens (tertiary/aromatic N) is 1. The van der Waals surface area contributed by atoms with E-state index in [2.05, 4.69) is 4.74 Å². The first-order valence-electron chi connectivity index (χ1n) is 6.75. The van der Waals surface area contributed by atoms with Crippen molar-refractivity contribution >= 4 is 23.5 Å². The number of amides is 1. The number of methoxy groups -OCH3 is 1. The van der Waals surface area contributed by atoms with E-state index < -0.39 is 11.9 Å². The van der Waals surface area contributed by atoms with Crippen molar-refractivity contribution in [1.29, 1.82) is 0 Å². The molecule has 7 heteroatoms. The van der Waals surface area contributed by atoms with Crippen molar-refractivity contribution in [2.45, 2.75) is 13.5 Å². The van der Waals surface area contributed by atoms with Crippen LogP contribution in [0.25, 0.3) is 0 Å². The largest absolute Gasteiger partial charge is 0.507 e. The van der Waals surface area contributed by atoms with Crippen LogP contribution in [0.2, 0.25) is 5.02 Å². The minimum absolute atomic E-state index is 0.0940. The smallest absolute Gasteiger partial charge is 0.341 e. The Balaban J connectivity index is 2.18. The number of phenols is 1. The minimum Gasteiger partial charge on any atom is -0.507 e. The quantitative estimate of drug-likeness (QED) is 0.867. The lowest BCUT2D eigenvalue weighted by atomic mass is 10.1. The molecule has 0 fully saturated rings. The zero-order valence-electron chi connectivity index (χ0n) is 12.9. The topological polar surface area (TPSA) is 80.0 Å². The summed E-state index contributed by atoms with van der Waals surface area (Å²) in [6.07, 6.45) is 0. The Bertz CT molecular complexity index is 753. The Morgan fingerprint density at radius 3 is 2.65 bits per heavy atom. The summed E-state index contributed by atoms with van der Waals surface area (Å²) in [5.74, 6) is -0.228. The van der Waals surface area contributed by atoms with Crippen molar-refractivity contribution in [2.75, 3.05) is 14.2 Å². The number of halogens is 1. The molecule has 0 aliphatic carbocycles. The van der Waals surface area contributed by atoms with Crippen LogP contribution >= 0.6 is 11.6 Å². The molecule has 2 rings (SSSR count). The summed E-state index contributed by atoms with van der Waals surface area (Å²) in [7, 11) is 2.84. The highest BCUT2D eigenvalue weighted by Crippen LogP contribution is 2.24. The SMILES string of the molecule is COC(=O)c1cc(CN(C)C(=O)c2cc(Cl)ccc2O)oc1C. The van der Waals surface area contributed by atoms with Gasteiger partial charge in [-0.1, -0.05) is 11.6 Å². The molecule has 23 heavy (non-hydrogen) atoms. The van der Waals surface area contributed by atoms with Crippen molar-refractivity contribution in [3.05, 3.63) is 51.9 Å². The summed E-state index contributed by atoms with van der Waals surface area (Å²) in [6, 6.07) is 5.77. The number of aryl methyl sites for hydroxylation is 1. The minimum atomic E-state index is -0.501. The molecule has 0 spiro atoms. The first kappa shape index (κ1) is 16.9. The Morgan fingerprint density at radius 1 is 1.30 bits per heavy atom. The number of aromatic hydroxyl groups is 1. The second kappa shape index (κ2) is 6.75. The third-order valence-corrected chi connectivity index (χ3v) is 3.54. The Hall–Kier alpha value is -2.47.